The van der Waals surface area contributed by atoms with Crippen LogP contribution in [0.2, 0.25) is 0 Å². The minimum Gasteiger partial charge on any atom is -0.393 e. The van der Waals surface area contributed by atoms with Gasteiger partial charge in [-0.2, -0.15) is 0 Å². The van der Waals surface area contributed by atoms with E-state index in [1.165, 1.54) is 56.9 Å². The van der Waals surface area contributed by atoms with E-state index in [1.807, 2.05) is 0 Å². The molecule has 0 spiro atoms. The molecule has 134 valence electrons. The second kappa shape index (κ2) is 5.33. The molecule has 0 heterocycles. The van der Waals surface area contributed by atoms with Gasteiger partial charge in [0.05, 0.1) is 18.3 Å². The SMILES string of the molecule is C[C@@]12CCC[C@H]1[C@@H]1CC=C3C[C@@H](O)CC(OC4CC4)[C@]3(C)[C@H]1CC2. The molecule has 2 heteroatoms. The third kappa shape index (κ3) is 2.21. The zero-order valence-electron chi connectivity index (χ0n) is 15.5. The normalized spacial score (nSPS) is 53.8. The molecule has 5 aliphatic rings. The van der Waals surface area contributed by atoms with Gasteiger partial charge in [-0.05, 0) is 74.5 Å². The highest BCUT2D eigenvalue weighted by atomic mass is 16.5. The van der Waals surface area contributed by atoms with Gasteiger partial charge < -0.3 is 9.84 Å². The van der Waals surface area contributed by atoms with Gasteiger partial charge in [-0.25, -0.2) is 0 Å². The molecule has 7 atom stereocenters. The minimum atomic E-state index is -0.190. The molecule has 0 aliphatic heterocycles. The number of ether oxygens (including phenoxy) is 1. The Kier molecular flexibility index (Phi) is 3.53. The van der Waals surface area contributed by atoms with Gasteiger partial charge >= 0.3 is 0 Å². The van der Waals surface area contributed by atoms with Crippen molar-refractivity contribution in [2.75, 3.05) is 0 Å². The average molecular weight is 331 g/mol. The molecule has 24 heavy (non-hydrogen) atoms. The van der Waals surface area contributed by atoms with Crippen molar-refractivity contribution in [3.8, 4) is 0 Å². The van der Waals surface area contributed by atoms with E-state index < -0.39 is 0 Å². The second-order valence-corrected chi connectivity index (χ2v) is 10.1. The van der Waals surface area contributed by atoms with Gasteiger partial charge in [0.1, 0.15) is 0 Å². The molecule has 0 aromatic heterocycles. The summed E-state index contributed by atoms with van der Waals surface area (Å²) >= 11 is 0. The van der Waals surface area contributed by atoms with Crippen molar-refractivity contribution in [3.63, 3.8) is 0 Å². The Morgan fingerprint density at radius 1 is 1.08 bits per heavy atom. The Labute approximate surface area is 147 Å². The van der Waals surface area contributed by atoms with Crippen molar-refractivity contribution >= 4 is 0 Å². The van der Waals surface area contributed by atoms with Gasteiger partial charge in [-0.1, -0.05) is 31.9 Å². The summed E-state index contributed by atoms with van der Waals surface area (Å²) in [5.74, 6) is 2.57. The summed E-state index contributed by atoms with van der Waals surface area (Å²) in [4.78, 5) is 0. The summed E-state index contributed by atoms with van der Waals surface area (Å²) in [7, 11) is 0. The molecular formula is C22H34O2. The molecule has 0 aromatic rings. The number of rotatable bonds is 2. The van der Waals surface area contributed by atoms with E-state index in [0.29, 0.717) is 11.5 Å². The molecule has 0 saturated heterocycles. The molecule has 5 rings (SSSR count). The van der Waals surface area contributed by atoms with Gasteiger partial charge in [0, 0.05) is 11.8 Å². The molecule has 1 unspecified atom stereocenters. The van der Waals surface area contributed by atoms with Crippen molar-refractivity contribution < 1.29 is 9.84 Å². The van der Waals surface area contributed by atoms with Crippen LogP contribution in [0.1, 0.15) is 78.1 Å². The van der Waals surface area contributed by atoms with E-state index in [2.05, 4.69) is 19.9 Å². The fourth-order valence-corrected chi connectivity index (χ4v) is 7.30. The van der Waals surface area contributed by atoms with Gasteiger partial charge in [-0.15, -0.1) is 0 Å². The first kappa shape index (κ1) is 15.9. The summed E-state index contributed by atoms with van der Waals surface area (Å²) in [5.41, 5.74) is 2.34. The molecule has 5 aliphatic carbocycles. The van der Waals surface area contributed by atoms with Crippen molar-refractivity contribution in [2.24, 2.45) is 28.6 Å². The summed E-state index contributed by atoms with van der Waals surface area (Å²) in [6, 6.07) is 0. The summed E-state index contributed by atoms with van der Waals surface area (Å²) in [5, 5.41) is 10.4. The lowest BCUT2D eigenvalue weighted by molar-refractivity contribution is -0.130. The third-order valence-corrected chi connectivity index (χ3v) is 8.81. The van der Waals surface area contributed by atoms with Crippen LogP contribution in [0.25, 0.3) is 0 Å². The molecule has 4 fully saturated rings. The lowest BCUT2D eigenvalue weighted by Crippen LogP contribution is -2.55. The molecule has 4 saturated carbocycles. The smallest absolute Gasteiger partial charge is 0.0696 e. The molecule has 0 radical (unpaired) electrons. The quantitative estimate of drug-likeness (QED) is 0.733. The number of aliphatic hydroxyl groups is 1. The third-order valence-electron chi connectivity index (χ3n) is 8.81. The maximum Gasteiger partial charge on any atom is 0.0696 e. The van der Waals surface area contributed by atoms with Crippen molar-refractivity contribution in [1.82, 2.24) is 0 Å². The lowest BCUT2D eigenvalue weighted by Gasteiger charge is -2.59. The Balaban J connectivity index is 1.50. The minimum absolute atomic E-state index is 0.189. The van der Waals surface area contributed by atoms with Crippen molar-refractivity contribution in [3.05, 3.63) is 11.6 Å². The second-order valence-electron chi connectivity index (χ2n) is 10.1. The lowest BCUT2D eigenvalue weighted by atomic mass is 9.47. The molecule has 2 nitrogen and oxygen atoms in total. The van der Waals surface area contributed by atoms with E-state index in [-0.39, 0.29) is 17.6 Å². The van der Waals surface area contributed by atoms with Gasteiger partial charge in [-0.3, -0.25) is 0 Å². The largest absolute Gasteiger partial charge is 0.393 e. The Morgan fingerprint density at radius 3 is 2.71 bits per heavy atom. The standard InChI is InChI=1S/C22H34O2/c1-21-10-3-4-18(21)17-8-5-14-12-15(23)13-20(24-16-6-7-16)22(14,2)19(17)9-11-21/h5,15-20,23H,3-4,6-13H2,1-2H3/t15-,17+,18+,19+,20?,21+,22+/m1/s1. The van der Waals surface area contributed by atoms with Gasteiger partial charge in [0.15, 0.2) is 0 Å². The predicted molar refractivity (Wildman–Crippen MR) is 95.6 cm³/mol. The maximum absolute atomic E-state index is 10.4. The van der Waals surface area contributed by atoms with E-state index in [4.69, 9.17) is 4.74 Å². The molecule has 0 bridgehead atoms. The van der Waals surface area contributed by atoms with Gasteiger partial charge in [0.25, 0.3) is 0 Å². The van der Waals surface area contributed by atoms with Crippen molar-refractivity contribution in [1.29, 1.82) is 0 Å². The number of fused-ring (bicyclic) bond motifs is 5. The highest BCUT2D eigenvalue weighted by molar-refractivity contribution is 5.27. The number of hydrogen-bond acceptors (Lipinski definition) is 2. The first-order valence-electron chi connectivity index (χ1n) is 10.5. The van der Waals surface area contributed by atoms with Crippen LogP contribution in [0.3, 0.4) is 0 Å². The number of aliphatic hydroxyl groups excluding tert-OH is 1. The van der Waals surface area contributed by atoms with Crippen LogP contribution in [-0.4, -0.2) is 23.4 Å². The number of allylic oxidation sites excluding steroid dienone is 1. The summed E-state index contributed by atoms with van der Waals surface area (Å²) in [6.45, 7) is 5.08. The highest BCUT2D eigenvalue weighted by Gasteiger charge is 2.59. The average Bonchev–Trinajstić information content (AvgIpc) is 3.26. The van der Waals surface area contributed by atoms with Crippen LogP contribution in [0.5, 0.6) is 0 Å². The van der Waals surface area contributed by atoms with Crippen LogP contribution in [0.15, 0.2) is 11.6 Å². The maximum atomic E-state index is 10.4. The fraction of sp³-hybridized carbons (Fsp3) is 0.909. The highest BCUT2D eigenvalue weighted by Crippen LogP contribution is 2.65. The molecule has 1 N–H and O–H groups in total. The van der Waals surface area contributed by atoms with E-state index in [1.54, 1.807) is 0 Å². The predicted octanol–water partition coefficient (Wildman–Crippen LogP) is 4.86. The molecular weight excluding hydrogens is 296 g/mol. The topological polar surface area (TPSA) is 29.5 Å². The van der Waals surface area contributed by atoms with E-state index in [0.717, 1.165) is 30.6 Å². The monoisotopic (exact) mass is 330 g/mol. The van der Waals surface area contributed by atoms with Crippen molar-refractivity contribution in [2.45, 2.75) is 96.4 Å². The summed E-state index contributed by atoms with van der Waals surface area (Å²) < 4.78 is 6.53. The Bertz CT molecular complexity index is 548. The van der Waals surface area contributed by atoms with Crippen LogP contribution in [0, 0.1) is 28.6 Å². The van der Waals surface area contributed by atoms with Gasteiger partial charge in [0.2, 0.25) is 0 Å². The zero-order chi connectivity index (χ0) is 16.5. The Morgan fingerprint density at radius 2 is 1.92 bits per heavy atom. The van der Waals surface area contributed by atoms with E-state index in [9.17, 15) is 5.11 Å². The fourth-order valence-electron chi connectivity index (χ4n) is 7.30. The van der Waals surface area contributed by atoms with Crippen LogP contribution in [0.4, 0.5) is 0 Å². The van der Waals surface area contributed by atoms with Crippen LogP contribution in [-0.2, 0) is 4.74 Å². The van der Waals surface area contributed by atoms with E-state index >= 15 is 0 Å². The molecule has 0 amide bonds. The van der Waals surface area contributed by atoms with Crippen LogP contribution < -0.4 is 0 Å². The zero-order valence-corrected chi connectivity index (χ0v) is 15.5. The first-order valence-corrected chi connectivity index (χ1v) is 10.5. The number of hydrogen-bond donors (Lipinski definition) is 1. The first-order chi connectivity index (χ1) is 11.5. The molecule has 0 aromatic carbocycles. The van der Waals surface area contributed by atoms with Crippen LogP contribution >= 0.6 is 0 Å². The summed E-state index contributed by atoms with van der Waals surface area (Å²) in [6.07, 6.45) is 15.7. The Hall–Kier alpha value is -0.340.